The molecule has 0 amide bonds. The fraction of sp³-hybridized carbons (Fsp3) is 0.417. The Kier molecular flexibility index (Phi) is 4.08. The third kappa shape index (κ3) is 2.92. The van der Waals surface area contributed by atoms with Crippen LogP contribution < -0.4 is 0 Å². The second-order valence-electron chi connectivity index (χ2n) is 4.82. The lowest BCUT2D eigenvalue weighted by atomic mass is 9.98. The number of aromatic nitrogens is 3. The lowest BCUT2D eigenvalue weighted by Gasteiger charge is -2.13. The van der Waals surface area contributed by atoms with E-state index in [1.807, 2.05) is 12.3 Å². The molecule has 0 spiro atoms. The van der Waals surface area contributed by atoms with E-state index in [2.05, 4.69) is 46.7 Å². The molecule has 2 aromatic heterocycles. The summed E-state index contributed by atoms with van der Waals surface area (Å²) in [7, 11) is 0. The van der Waals surface area contributed by atoms with Crippen molar-refractivity contribution in [3.63, 3.8) is 0 Å². The molecule has 0 saturated heterocycles. The van der Waals surface area contributed by atoms with Gasteiger partial charge in [-0.3, -0.25) is 0 Å². The van der Waals surface area contributed by atoms with Gasteiger partial charge in [0.2, 0.25) is 0 Å². The number of hydrogen-bond acceptors (Lipinski definition) is 5. The maximum Gasteiger partial charge on any atom is 0.187 e. The second kappa shape index (κ2) is 5.27. The molecule has 96 valence electrons. The summed E-state index contributed by atoms with van der Waals surface area (Å²) in [5.74, 6) is 0. The molecule has 2 rings (SSSR count). The van der Waals surface area contributed by atoms with Crippen molar-refractivity contribution in [2.24, 2.45) is 0 Å². The van der Waals surface area contributed by atoms with Crippen LogP contribution in [0, 0.1) is 0 Å². The molecule has 0 radical (unpaired) electrons. The lowest BCUT2D eigenvalue weighted by molar-refractivity contribution is 0.586. The molecule has 0 saturated carbocycles. The van der Waals surface area contributed by atoms with Crippen molar-refractivity contribution in [3.8, 4) is 11.4 Å². The van der Waals surface area contributed by atoms with Crippen LogP contribution >= 0.6 is 39.0 Å². The third-order valence-corrected chi connectivity index (χ3v) is 4.98. The molecule has 0 fully saturated rings. The zero-order chi connectivity index (χ0) is 13.3. The first-order chi connectivity index (χ1) is 8.41. The van der Waals surface area contributed by atoms with Crippen molar-refractivity contribution in [3.05, 3.63) is 21.1 Å². The van der Waals surface area contributed by atoms with Crippen LogP contribution in [0.4, 0.5) is 0 Å². The van der Waals surface area contributed by atoms with Crippen molar-refractivity contribution in [1.29, 1.82) is 0 Å². The molecule has 2 aromatic rings. The Bertz CT molecular complexity index is 561. The summed E-state index contributed by atoms with van der Waals surface area (Å²) >= 11 is 6.78. The molecule has 0 N–H and O–H groups in total. The predicted molar refractivity (Wildman–Crippen MR) is 81.3 cm³/mol. The minimum atomic E-state index is 0.0564. The van der Waals surface area contributed by atoms with Gasteiger partial charge in [0.15, 0.2) is 5.16 Å². The SMILES string of the molecule is CSc1nccc(-c2nc(C(C)(C)C)sc2Br)n1. The largest absolute Gasteiger partial charge is 0.238 e. The summed E-state index contributed by atoms with van der Waals surface area (Å²) in [6.45, 7) is 6.49. The summed E-state index contributed by atoms with van der Waals surface area (Å²) in [6, 6.07) is 1.89. The highest BCUT2D eigenvalue weighted by Crippen LogP contribution is 2.37. The van der Waals surface area contributed by atoms with Gasteiger partial charge in [0.25, 0.3) is 0 Å². The van der Waals surface area contributed by atoms with Gasteiger partial charge in [0, 0.05) is 11.6 Å². The Hall–Kier alpha value is -0.460. The van der Waals surface area contributed by atoms with E-state index in [9.17, 15) is 0 Å². The van der Waals surface area contributed by atoms with E-state index >= 15 is 0 Å². The highest BCUT2D eigenvalue weighted by molar-refractivity contribution is 9.11. The molecular weight excluding hydrogens is 330 g/mol. The van der Waals surface area contributed by atoms with Gasteiger partial charge in [-0.15, -0.1) is 11.3 Å². The predicted octanol–water partition coefficient (Wildman–Crippen LogP) is 4.38. The molecule has 0 atom stereocenters. The van der Waals surface area contributed by atoms with Crippen LogP contribution in [-0.4, -0.2) is 21.2 Å². The van der Waals surface area contributed by atoms with Gasteiger partial charge in [-0.05, 0) is 28.3 Å². The first kappa shape index (κ1) is 14.0. The van der Waals surface area contributed by atoms with E-state index in [-0.39, 0.29) is 5.41 Å². The molecule has 0 unspecified atom stereocenters. The zero-order valence-electron chi connectivity index (χ0n) is 10.7. The van der Waals surface area contributed by atoms with Gasteiger partial charge in [0.05, 0.1) is 14.5 Å². The van der Waals surface area contributed by atoms with E-state index in [4.69, 9.17) is 4.98 Å². The van der Waals surface area contributed by atoms with Crippen LogP contribution in [0.1, 0.15) is 25.8 Å². The first-order valence-corrected chi connectivity index (χ1v) is 8.29. The normalized spacial score (nSPS) is 11.8. The van der Waals surface area contributed by atoms with Gasteiger partial charge in [-0.1, -0.05) is 32.5 Å². The molecular formula is C12H14BrN3S2. The Labute approximate surface area is 124 Å². The topological polar surface area (TPSA) is 38.7 Å². The zero-order valence-corrected chi connectivity index (χ0v) is 13.9. The Morgan fingerprint density at radius 3 is 2.56 bits per heavy atom. The molecule has 0 aliphatic carbocycles. The average molecular weight is 344 g/mol. The second-order valence-corrected chi connectivity index (χ2v) is 7.91. The van der Waals surface area contributed by atoms with Crippen molar-refractivity contribution < 1.29 is 0 Å². The van der Waals surface area contributed by atoms with Crippen LogP contribution in [0.25, 0.3) is 11.4 Å². The fourth-order valence-corrected chi connectivity index (χ4v) is 3.32. The summed E-state index contributed by atoms with van der Waals surface area (Å²) in [4.78, 5) is 13.4. The highest BCUT2D eigenvalue weighted by atomic mass is 79.9. The van der Waals surface area contributed by atoms with Crippen molar-refractivity contribution in [2.45, 2.75) is 31.3 Å². The molecule has 2 heterocycles. The standard InChI is InChI=1S/C12H14BrN3S2/c1-12(2,3)10-16-8(9(13)18-10)7-5-6-14-11(15-7)17-4/h5-6H,1-4H3. The van der Waals surface area contributed by atoms with Crippen molar-refractivity contribution in [2.75, 3.05) is 6.26 Å². The average Bonchev–Trinajstić information content (AvgIpc) is 2.71. The van der Waals surface area contributed by atoms with Crippen molar-refractivity contribution >= 4 is 39.0 Å². The molecule has 0 aliphatic heterocycles. The van der Waals surface area contributed by atoms with E-state index in [0.717, 1.165) is 25.3 Å². The molecule has 0 aromatic carbocycles. The van der Waals surface area contributed by atoms with E-state index < -0.39 is 0 Å². The van der Waals surface area contributed by atoms with Crippen LogP contribution in [0.15, 0.2) is 21.2 Å². The minimum Gasteiger partial charge on any atom is -0.238 e. The van der Waals surface area contributed by atoms with Gasteiger partial charge in [0.1, 0.15) is 5.69 Å². The van der Waals surface area contributed by atoms with E-state index in [1.54, 1.807) is 17.5 Å². The Balaban J connectivity index is 2.47. The quantitative estimate of drug-likeness (QED) is 0.599. The van der Waals surface area contributed by atoms with Gasteiger partial charge in [-0.25, -0.2) is 15.0 Å². The summed E-state index contributed by atoms with van der Waals surface area (Å²) in [6.07, 6.45) is 3.74. The number of thiazole rings is 1. The minimum absolute atomic E-state index is 0.0564. The molecule has 0 bridgehead atoms. The number of halogens is 1. The highest BCUT2D eigenvalue weighted by Gasteiger charge is 2.22. The molecule has 18 heavy (non-hydrogen) atoms. The van der Waals surface area contributed by atoms with E-state index in [1.165, 1.54) is 11.8 Å². The molecule has 0 aliphatic rings. The van der Waals surface area contributed by atoms with Crippen molar-refractivity contribution in [1.82, 2.24) is 15.0 Å². The maximum atomic E-state index is 4.70. The smallest absolute Gasteiger partial charge is 0.187 e. The third-order valence-electron chi connectivity index (χ3n) is 2.29. The van der Waals surface area contributed by atoms with Crippen LogP contribution in [0.5, 0.6) is 0 Å². The number of rotatable bonds is 2. The number of thioether (sulfide) groups is 1. The summed E-state index contributed by atoms with van der Waals surface area (Å²) < 4.78 is 1.03. The fourth-order valence-electron chi connectivity index (χ4n) is 1.35. The van der Waals surface area contributed by atoms with E-state index in [0.29, 0.717) is 0 Å². The van der Waals surface area contributed by atoms with Crippen LogP contribution in [0.2, 0.25) is 0 Å². The summed E-state index contributed by atoms with van der Waals surface area (Å²) in [5.41, 5.74) is 1.83. The van der Waals surface area contributed by atoms with Gasteiger partial charge >= 0.3 is 0 Å². The summed E-state index contributed by atoms with van der Waals surface area (Å²) in [5, 5.41) is 1.87. The van der Waals surface area contributed by atoms with Gasteiger partial charge < -0.3 is 0 Å². The van der Waals surface area contributed by atoms with Crippen LogP contribution in [-0.2, 0) is 5.41 Å². The monoisotopic (exact) mass is 343 g/mol. The Morgan fingerprint density at radius 2 is 2.00 bits per heavy atom. The lowest BCUT2D eigenvalue weighted by Crippen LogP contribution is -2.10. The molecule has 3 nitrogen and oxygen atoms in total. The first-order valence-electron chi connectivity index (χ1n) is 5.46. The van der Waals surface area contributed by atoms with Gasteiger partial charge in [-0.2, -0.15) is 0 Å². The molecule has 6 heteroatoms. The number of nitrogens with zero attached hydrogens (tertiary/aromatic N) is 3. The maximum absolute atomic E-state index is 4.70. The Morgan fingerprint density at radius 1 is 1.28 bits per heavy atom. The van der Waals surface area contributed by atoms with Crippen LogP contribution in [0.3, 0.4) is 0 Å². The number of hydrogen-bond donors (Lipinski definition) is 0.